The maximum absolute atomic E-state index is 12.8. The Labute approximate surface area is 110 Å². The zero-order valence-electron chi connectivity index (χ0n) is 10.6. The van der Waals surface area contributed by atoms with E-state index in [-0.39, 0.29) is 12.4 Å². The predicted molar refractivity (Wildman–Crippen MR) is 68.1 cm³/mol. The number of aryl methyl sites for hydroxylation is 1. The van der Waals surface area contributed by atoms with Gasteiger partial charge in [0.25, 0.3) is 0 Å². The Morgan fingerprint density at radius 2 is 2.11 bits per heavy atom. The number of aliphatic hydroxyl groups is 1. The molecule has 0 amide bonds. The highest BCUT2D eigenvalue weighted by molar-refractivity contribution is 5.20. The van der Waals surface area contributed by atoms with E-state index in [1.807, 2.05) is 4.68 Å². The average Bonchev–Trinajstić information content (AvgIpc) is 2.82. The van der Waals surface area contributed by atoms with Gasteiger partial charge in [-0.3, -0.25) is 0 Å². The van der Waals surface area contributed by atoms with E-state index in [0.717, 1.165) is 36.6 Å². The molecule has 0 aliphatic carbocycles. The highest BCUT2D eigenvalue weighted by atomic mass is 19.1. The summed E-state index contributed by atoms with van der Waals surface area (Å²) >= 11 is 0. The van der Waals surface area contributed by atoms with Gasteiger partial charge in [-0.15, -0.1) is 0 Å². The molecule has 0 bridgehead atoms. The van der Waals surface area contributed by atoms with Crippen LogP contribution in [0, 0.1) is 11.7 Å². The van der Waals surface area contributed by atoms with E-state index in [9.17, 15) is 9.50 Å². The molecule has 5 heteroatoms. The molecule has 1 aromatic carbocycles. The number of hydrogen-bond donors (Lipinski definition) is 1. The highest BCUT2D eigenvalue weighted by Crippen LogP contribution is 2.19. The maximum Gasteiger partial charge on any atom is 0.155 e. The van der Waals surface area contributed by atoms with Crippen LogP contribution in [0.25, 0.3) is 0 Å². The van der Waals surface area contributed by atoms with Gasteiger partial charge in [0.2, 0.25) is 0 Å². The van der Waals surface area contributed by atoms with Gasteiger partial charge in [0, 0.05) is 26.0 Å². The van der Waals surface area contributed by atoms with E-state index < -0.39 is 0 Å². The third kappa shape index (κ3) is 2.66. The third-order valence-electron chi connectivity index (χ3n) is 3.55. The molecule has 1 aliphatic heterocycles. The standard InChI is InChI=1S/C14H16FN3O/c15-12-3-1-10(2-4-12)7-13-16-14-8-11(9-19)5-6-18(14)17-13/h1-4,11,19H,5-9H2. The van der Waals surface area contributed by atoms with Crippen LogP contribution in [0.5, 0.6) is 0 Å². The average molecular weight is 261 g/mol. The molecule has 1 unspecified atom stereocenters. The topological polar surface area (TPSA) is 50.9 Å². The molecular weight excluding hydrogens is 245 g/mol. The van der Waals surface area contributed by atoms with E-state index in [2.05, 4.69) is 10.1 Å². The van der Waals surface area contributed by atoms with Crippen molar-refractivity contribution in [2.45, 2.75) is 25.8 Å². The third-order valence-corrected chi connectivity index (χ3v) is 3.55. The molecule has 0 saturated heterocycles. The molecule has 1 atom stereocenters. The second kappa shape index (κ2) is 5.09. The second-order valence-electron chi connectivity index (χ2n) is 5.01. The zero-order valence-corrected chi connectivity index (χ0v) is 10.6. The van der Waals surface area contributed by atoms with Crippen molar-refractivity contribution in [3.8, 4) is 0 Å². The van der Waals surface area contributed by atoms with E-state index in [1.54, 1.807) is 12.1 Å². The first-order valence-electron chi connectivity index (χ1n) is 6.52. The summed E-state index contributed by atoms with van der Waals surface area (Å²) < 4.78 is 14.8. The minimum Gasteiger partial charge on any atom is -0.396 e. The van der Waals surface area contributed by atoms with Crippen LogP contribution in [0.2, 0.25) is 0 Å². The maximum atomic E-state index is 12.8. The van der Waals surface area contributed by atoms with Crippen molar-refractivity contribution in [1.29, 1.82) is 0 Å². The highest BCUT2D eigenvalue weighted by Gasteiger charge is 2.21. The van der Waals surface area contributed by atoms with Gasteiger partial charge >= 0.3 is 0 Å². The van der Waals surface area contributed by atoms with Gasteiger partial charge in [0.05, 0.1) is 0 Å². The Hall–Kier alpha value is -1.75. The van der Waals surface area contributed by atoms with Gasteiger partial charge in [-0.1, -0.05) is 12.1 Å². The molecule has 0 fully saturated rings. The van der Waals surface area contributed by atoms with E-state index >= 15 is 0 Å². The number of aromatic nitrogens is 3. The molecule has 3 rings (SSSR count). The first-order valence-corrected chi connectivity index (χ1v) is 6.52. The van der Waals surface area contributed by atoms with Crippen LogP contribution in [-0.4, -0.2) is 26.5 Å². The molecule has 1 aromatic heterocycles. The predicted octanol–water partition coefficient (Wildman–Crippen LogP) is 1.56. The lowest BCUT2D eigenvalue weighted by atomic mass is 9.99. The Morgan fingerprint density at radius 1 is 1.32 bits per heavy atom. The zero-order chi connectivity index (χ0) is 13.2. The summed E-state index contributed by atoms with van der Waals surface area (Å²) in [6.45, 7) is 1.02. The molecule has 100 valence electrons. The van der Waals surface area contributed by atoms with Crippen LogP contribution in [-0.2, 0) is 19.4 Å². The molecule has 19 heavy (non-hydrogen) atoms. The largest absolute Gasteiger partial charge is 0.396 e. The first kappa shape index (κ1) is 12.3. The molecule has 0 radical (unpaired) electrons. The van der Waals surface area contributed by atoms with Crippen LogP contribution in [0.3, 0.4) is 0 Å². The molecule has 1 aliphatic rings. The van der Waals surface area contributed by atoms with Crippen molar-refractivity contribution in [1.82, 2.24) is 14.8 Å². The minimum atomic E-state index is -0.230. The van der Waals surface area contributed by atoms with E-state index in [1.165, 1.54) is 12.1 Å². The number of rotatable bonds is 3. The molecule has 2 aromatic rings. The van der Waals surface area contributed by atoms with Gasteiger partial charge < -0.3 is 5.11 Å². The van der Waals surface area contributed by atoms with Crippen molar-refractivity contribution in [2.24, 2.45) is 5.92 Å². The van der Waals surface area contributed by atoms with Crippen LogP contribution in [0.15, 0.2) is 24.3 Å². The number of hydrogen-bond acceptors (Lipinski definition) is 3. The van der Waals surface area contributed by atoms with Gasteiger partial charge in [-0.05, 0) is 30.0 Å². The lowest BCUT2D eigenvalue weighted by molar-refractivity contribution is 0.196. The number of fused-ring (bicyclic) bond motifs is 1. The number of halogens is 1. The Balaban J connectivity index is 1.76. The van der Waals surface area contributed by atoms with Crippen molar-refractivity contribution >= 4 is 0 Å². The van der Waals surface area contributed by atoms with E-state index in [0.29, 0.717) is 12.3 Å². The first-order chi connectivity index (χ1) is 9.24. The summed E-state index contributed by atoms with van der Waals surface area (Å²) in [6, 6.07) is 6.41. The van der Waals surface area contributed by atoms with E-state index in [4.69, 9.17) is 0 Å². The smallest absolute Gasteiger partial charge is 0.155 e. The molecule has 4 nitrogen and oxygen atoms in total. The summed E-state index contributed by atoms with van der Waals surface area (Å²) in [5.41, 5.74) is 1.00. The van der Waals surface area contributed by atoms with Gasteiger partial charge in [0.15, 0.2) is 5.82 Å². The normalized spacial score (nSPS) is 18.3. The summed E-state index contributed by atoms with van der Waals surface area (Å²) in [5.74, 6) is 1.78. The van der Waals surface area contributed by atoms with Gasteiger partial charge in [0.1, 0.15) is 11.6 Å². The Bertz CT molecular complexity index is 565. The minimum absolute atomic E-state index is 0.208. The number of aliphatic hydroxyl groups excluding tert-OH is 1. The molecule has 0 saturated carbocycles. The fourth-order valence-electron chi connectivity index (χ4n) is 2.44. The van der Waals surface area contributed by atoms with Gasteiger partial charge in [-0.25, -0.2) is 14.1 Å². The summed E-state index contributed by atoms with van der Waals surface area (Å²) in [7, 11) is 0. The van der Waals surface area contributed by atoms with Crippen molar-refractivity contribution < 1.29 is 9.50 Å². The quantitative estimate of drug-likeness (QED) is 0.912. The van der Waals surface area contributed by atoms with Gasteiger partial charge in [-0.2, -0.15) is 5.10 Å². The second-order valence-corrected chi connectivity index (χ2v) is 5.01. The summed E-state index contributed by atoms with van der Waals surface area (Å²) in [6.07, 6.45) is 2.35. The molecule has 1 N–H and O–H groups in total. The number of benzene rings is 1. The fraction of sp³-hybridized carbons (Fsp3) is 0.429. The SMILES string of the molecule is OCC1CCn2nc(Cc3ccc(F)cc3)nc2C1. The summed E-state index contributed by atoms with van der Waals surface area (Å²) in [4.78, 5) is 4.51. The molecule has 2 heterocycles. The molecule has 0 spiro atoms. The molecular formula is C14H16FN3O. The Kier molecular flexibility index (Phi) is 3.29. The summed E-state index contributed by atoms with van der Waals surface area (Å²) in [5, 5.41) is 13.7. The monoisotopic (exact) mass is 261 g/mol. The Morgan fingerprint density at radius 3 is 2.84 bits per heavy atom. The van der Waals surface area contributed by atoms with Crippen LogP contribution in [0.1, 0.15) is 23.6 Å². The van der Waals surface area contributed by atoms with Crippen molar-refractivity contribution in [2.75, 3.05) is 6.61 Å². The van der Waals surface area contributed by atoms with Crippen LogP contribution < -0.4 is 0 Å². The lowest BCUT2D eigenvalue weighted by Crippen LogP contribution is -2.22. The lowest BCUT2D eigenvalue weighted by Gasteiger charge is -2.19. The van der Waals surface area contributed by atoms with Crippen LogP contribution in [0.4, 0.5) is 4.39 Å². The van der Waals surface area contributed by atoms with Crippen molar-refractivity contribution in [3.63, 3.8) is 0 Å². The van der Waals surface area contributed by atoms with Crippen LogP contribution >= 0.6 is 0 Å². The fourth-order valence-corrected chi connectivity index (χ4v) is 2.44. The number of nitrogens with zero attached hydrogens (tertiary/aromatic N) is 3. The van der Waals surface area contributed by atoms with Crippen molar-refractivity contribution in [3.05, 3.63) is 47.3 Å².